The fourth-order valence-electron chi connectivity index (χ4n) is 2.99. The van der Waals surface area contributed by atoms with Gasteiger partial charge in [-0.2, -0.15) is 0 Å². The van der Waals surface area contributed by atoms with Gasteiger partial charge in [0.15, 0.2) is 5.13 Å². The number of thiazole rings is 1. The van der Waals surface area contributed by atoms with Crippen molar-refractivity contribution in [2.45, 2.75) is 19.5 Å². The molecular formula is C19H17FN4OS. The van der Waals surface area contributed by atoms with Gasteiger partial charge in [0.1, 0.15) is 11.5 Å². The zero-order valence-corrected chi connectivity index (χ0v) is 14.8. The van der Waals surface area contributed by atoms with Crippen molar-refractivity contribution in [1.29, 1.82) is 0 Å². The van der Waals surface area contributed by atoms with Crippen LogP contribution in [-0.4, -0.2) is 27.3 Å². The Hall–Kier alpha value is -2.64. The predicted molar refractivity (Wildman–Crippen MR) is 98.5 cm³/mol. The highest BCUT2D eigenvalue weighted by Gasteiger charge is 2.22. The number of benzene rings is 1. The van der Waals surface area contributed by atoms with Gasteiger partial charge in [-0.3, -0.25) is 20.0 Å². The lowest BCUT2D eigenvalue weighted by Gasteiger charge is -2.25. The van der Waals surface area contributed by atoms with E-state index in [2.05, 4.69) is 20.2 Å². The molecule has 1 aliphatic heterocycles. The number of carbonyl (C=O) groups excluding carboxylic acids is 1. The van der Waals surface area contributed by atoms with Gasteiger partial charge < -0.3 is 0 Å². The summed E-state index contributed by atoms with van der Waals surface area (Å²) in [5, 5.41) is 3.42. The minimum absolute atomic E-state index is 0.211. The predicted octanol–water partition coefficient (Wildman–Crippen LogP) is 3.49. The molecule has 5 nitrogen and oxygen atoms in total. The van der Waals surface area contributed by atoms with E-state index in [1.54, 1.807) is 36.5 Å². The van der Waals surface area contributed by atoms with Crippen molar-refractivity contribution < 1.29 is 9.18 Å². The van der Waals surface area contributed by atoms with Gasteiger partial charge in [-0.1, -0.05) is 18.2 Å². The molecule has 132 valence electrons. The molecule has 26 heavy (non-hydrogen) atoms. The van der Waals surface area contributed by atoms with Gasteiger partial charge in [-0.05, 0) is 29.8 Å². The number of amides is 1. The lowest BCUT2D eigenvalue weighted by Crippen LogP contribution is -2.29. The van der Waals surface area contributed by atoms with Crippen molar-refractivity contribution in [3.8, 4) is 0 Å². The maximum absolute atomic E-state index is 13.4. The van der Waals surface area contributed by atoms with Crippen LogP contribution in [0.15, 0.2) is 48.7 Å². The zero-order valence-electron chi connectivity index (χ0n) is 14.0. The van der Waals surface area contributed by atoms with Crippen LogP contribution in [0.3, 0.4) is 0 Å². The van der Waals surface area contributed by atoms with Crippen LogP contribution in [0, 0.1) is 5.82 Å². The van der Waals surface area contributed by atoms with E-state index in [0.29, 0.717) is 17.4 Å². The molecule has 0 bridgehead atoms. The molecule has 1 N–H and O–H groups in total. The van der Waals surface area contributed by atoms with Gasteiger partial charge in [-0.25, -0.2) is 9.37 Å². The maximum Gasteiger partial charge on any atom is 0.276 e. The first-order valence-corrected chi connectivity index (χ1v) is 9.17. The summed E-state index contributed by atoms with van der Waals surface area (Å²) in [5.41, 5.74) is 2.36. The Morgan fingerprint density at radius 3 is 3.00 bits per heavy atom. The highest BCUT2D eigenvalue weighted by molar-refractivity contribution is 7.15. The van der Waals surface area contributed by atoms with E-state index in [-0.39, 0.29) is 11.7 Å². The number of rotatable bonds is 4. The Bertz CT molecular complexity index is 928. The van der Waals surface area contributed by atoms with E-state index >= 15 is 0 Å². The average Bonchev–Trinajstić information content (AvgIpc) is 3.04. The number of halogens is 1. The van der Waals surface area contributed by atoms with Crippen molar-refractivity contribution >= 4 is 22.4 Å². The normalized spacial score (nSPS) is 14.0. The minimum atomic E-state index is -0.256. The second-order valence-electron chi connectivity index (χ2n) is 6.15. The van der Waals surface area contributed by atoms with E-state index < -0.39 is 0 Å². The van der Waals surface area contributed by atoms with E-state index in [1.807, 2.05) is 6.07 Å². The molecule has 3 aromatic rings. The first-order valence-electron chi connectivity index (χ1n) is 8.35. The van der Waals surface area contributed by atoms with Crippen molar-refractivity contribution in [3.63, 3.8) is 0 Å². The van der Waals surface area contributed by atoms with E-state index in [9.17, 15) is 9.18 Å². The van der Waals surface area contributed by atoms with Gasteiger partial charge in [0, 0.05) is 37.1 Å². The largest absolute Gasteiger partial charge is 0.296 e. The smallest absolute Gasteiger partial charge is 0.276 e. The van der Waals surface area contributed by atoms with Crippen LogP contribution in [0.25, 0.3) is 0 Å². The zero-order chi connectivity index (χ0) is 17.9. The fraction of sp³-hybridized carbons (Fsp3) is 0.211. The Morgan fingerprint density at radius 2 is 2.19 bits per heavy atom. The summed E-state index contributed by atoms with van der Waals surface area (Å²) in [6.45, 7) is 2.31. The van der Waals surface area contributed by atoms with Crippen LogP contribution in [0.2, 0.25) is 0 Å². The topological polar surface area (TPSA) is 58.1 Å². The van der Waals surface area contributed by atoms with Gasteiger partial charge >= 0.3 is 0 Å². The first kappa shape index (κ1) is 16.8. The van der Waals surface area contributed by atoms with Crippen LogP contribution in [0.4, 0.5) is 9.52 Å². The fourth-order valence-corrected chi connectivity index (χ4v) is 4.03. The van der Waals surface area contributed by atoms with E-state index in [1.165, 1.54) is 17.4 Å². The molecular weight excluding hydrogens is 351 g/mol. The SMILES string of the molecule is O=C(Nc1nc2c(s1)CN(Cc1cccc(F)c1)CC2)c1ccccn1. The number of pyridine rings is 1. The number of hydrogen-bond donors (Lipinski definition) is 1. The van der Waals surface area contributed by atoms with Gasteiger partial charge in [0.25, 0.3) is 5.91 Å². The Balaban J connectivity index is 1.43. The molecule has 0 unspecified atom stereocenters. The molecule has 0 saturated carbocycles. The van der Waals surface area contributed by atoms with Crippen LogP contribution >= 0.6 is 11.3 Å². The van der Waals surface area contributed by atoms with Gasteiger partial charge in [0.05, 0.1) is 5.69 Å². The Kier molecular flexibility index (Phi) is 4.73. The first-order chi connectivity index (χ1) is 12.7. The lowest BCUT2D eigenvalue weighted by molar-refractivity contribution is 0.102. The monoisotopic (exact) mass is 368 g/mol. The van der Waals surface area contributed by atoms with Crippen molar-refractivity contribution in [1.82, 2.24) is 14.9 Å². The summed E-state index contributed by atoms with van der Waals surface area (Å²) in [7, 11) is 0. The van der Waals surface area contributed by atoms with Crippen molar-refractivity contribution in [2.75, 3.05) is 11.9 Å². The number of aromatic nitrogens is 2. The summed E-state index contributed by atoms with van der Waals surface area (Å²) in [5.74, 6) is -0.467. The second-order valence-corrected chi connectivity index (χ2v) is 7.23. The van der Waals surface area contributed by atoms with Crippen LogP contribution in [0.1, 0.15) is 26.6 Å². The number of hydrogen-bond acceptors (Lipinski definition) is 5. The van der Waals surface area contributed by atoms with Gasteiger partial charge in [-0.15, -0.1) is 11.3 Å². The summed E-state index contributed by atoms with van der Waals surface area (Å²) in [4.78, 5) is 24.2. The molecule has 2 aromatic heterocycles. The van der Waals surface area contributed by atoms with E-state index in [0.717, 1.165) is 35.6 Å². The number of carbonyl (C=O) groups is 1. The summed E-state index contributed by atoms with van der Waals surface area (Å²) in [6, 6.07) is 11.9. The summed E-state index contributed by atoms with van der Waals surface area (Å²) < 4.78 is 13.4. The highest BCUT2D eigenvalue weighted by Crippen LogP contribution is 2.29. The molecule has 0 fully saturated rings. The number of fused-ring (bicyclic) bond motifs is 1. The third kappa shape index (κ3) is 3.79. The van der Waals surface area contributed by atoms with Gasteiger partial charge in [0.2, 0.25) is 0 Å². The lowest BCUT2D eigenvalue weighted by atomic mass is 10.1. The van der Waals surface area contributed by atoms with Crippen molar-refractivity contribution in [2.24, 2.45) is 0 Å². The number of anilines is 1. The third-order valence-corrected chi connectivity index (χ3v) is 5.22. The molecule has 1 amide bonds. The molecule has 7 heteroatoms. The van der Waals surface area contributed by atoms with Crippen LogP contribution in [0.5, 0.6) is 0 Å². The molecule has 1 aromatic carbocycles. The highest BCUT2D eigenvalue weighted by atomic mass is 32.1. The molecule has 0 atom stereocenters. The Morgan fingerprint density at radius 1 is 1.27 bits per heavy atom. The second kappa shape index (κ2) is 7.31. The number of nitrogens with zero attached hydrogens (tertiary/aromatic N) is 3. The molecule has 0 radical (unpaired) electrons. The standard InChI is InChI=1S/C19H17FN4OS/c20-14-5-3-4-13(10-14)11-24-9-7-15-17(12-24)26-19(22-15)23-18(25)16-6-1-2-8-21-16/h1-6,8,10H,7,9,11-12H2,(H,22,23,25). The maximum atomic E-state index is 13.4. The molecule has 0 aliphatic carbocycles. The third-order valence-electron chi connectivity index (χ3n) is 4.22. The average molecular weight is 368 g/mol. The van der Waals surface area contributed by atoms with E-state index in [4.69, 9.17) is 0 Å². The Labute approximate surface area is 154 Å². The van der Waals surface area contributed by atoms with Crippen LogP contribution < -0.4 is 5.32 Å². The number of nitrogens with one attached hydrogen (secondary N) is 1. The summed E-state index contributed by atoms with van der Waals surface area (Å²) in [6.07, 6.45) is 2.41. The molecule has 0 saturated heterocycles. The summed E-state index contributed by atoms with van der Waals surface area (Å²) >= 11 is 1.49. The van der Waals surface area contributed by atoms with Crippen molar-refractivity contribution in [3.05, 3.63) is 76.3 Å². The molecule has 1 aliphatic rings. The molecule has 0 spiro atoms. The minimum Gasteiger partial charge on any atom is -0.296 e. The molecule has 3 heterocycles. The van der Waals surface area contributed by atoms with Crippen LogP contribution in [-0.2, 0) is 19.5 Å². The quantitative estimate of drug-likeness (QED) is 0.766. The molecule has 4 rings (SSSR count).